The number of carboxylic acids is 1. The highest BCUT2D eigenvalue weighted by molar-refractivity contribution is 7.84. The minimum absolute atomic E-state index is 0.104. The van der Waals surface area contributed by atoms with Gasteiger partial charge in [-0.05, 0) is 49.6 Å². The molecule has 0 bridgehead atoms. The normalized spacial score (nSPS) is 11.8. The maximum atomic E-state index is 12.2. The van der Waals surface area contributed by atoms with Gasteiger partial charge in [-0.1, -0.05) is 29.8 Å². The van der Waals surface area contributed by atoms with E-state index in [0.717, 1.165) is 27.9 Å². The number of amides is 1. The molecule has 2 aromatic rings. The largest absolute Gasteiger partial charge is 0.478 e. The van der Waals surface area contributed by atoms with Crippen LogP contribution in [0.5, 0.6) is 0 Å². The molecular weight excluding hydrogens is 338 g/mol. The van der Waals surface area contributed by atoms with Crippen LogP contribution in [0.25, 0.3) is 0 Å². The molecule has 0 aliphatic rings. The van der Waals surface area contributed by atoms with E-state index in [0.29, 0.717) is 0 Å². The van der Waals surface area contributed by atoms with Crippen LogP contribution >= 0.6 is 0 Å². The van der Waals surface area contributed by atoms with Crippen molar-refractivity contribution in [2.45, 2.75) is 26.5 Å². The van der Waals surface area contributed by atoms with E-state index in [1.54, 1.807) is 12.1 Å². The molecule has 6 heteroatoms. The Kier molecular flexibility index (Phi) is 6.09. The Balaban J connectivity index is 1.96. The number of hydrogen-bond acceptors (Lipinski definition) is 3. The van der Waals surface area contributed by atoms with Gasteiger partial charge in [-0.25, -0.2) is 4.79 Å². The number of aromatic carboxylic acids is 1. The zero-order valence-corrected chi connectivity index (χ0v) is 15.3. The number of aryl methyl sites for hydroxylation is 3. The summed E-state index contributed by atoms with van der Waals surface area (Å²) in [6.45, 7) is 5.85. The molecule has 1 unspecified atom stereocenters. The molecule has 132 valence electrons. The van der Waals surface area contributed by atoms with E-state index in [9.17, 15) is 13.8 Å². The maximum absolute atomic E-state index is 12.2. The molecule has 2 rings (SSSR count). The molecule has 2 aromatic carbocycles. The number of hydrogen-bond donors (Lipinski definition) is 2. The van der Waals surface area contributed by atoms with E-state index in [4.69, 9.17) is 5.11 Å². The second-order valence-electron chi connectivity index (χ2n) is 6.05. The lowest BCUT2D eigenvalue weighted by atomic mass is 10.1. The van der Waals surface area contributed by atoms with Crippen LogP contribution in [0.2, 0.25) is 0 Å². The first kappa shape index (κ1) is 18.9. The Hall–Kier alpha value is -2.47. The first-order valence-electron chi connectivity index (χ1n) is 7.81. The lowest BCUT2D eigenvalue weighted by Gasteiger charge is -2.12. The number of carbonyl (C=O) groups excluding carboxylic acids is 1. The van der Waals surface area contributed by atoms with Crippen molar-refractivity contribution in [1.29, 1.82) is 0 Å². The van der Waals surface area contributed by atoms with Crippen molar-refractivity contribution in [2.24, 2.45) is 0 Å². The Morgan fingerprint density at radius 3 is 2.12 bits per heavy atom. The third-order valence-corrected chi connectivity index (χ3v) is 5.00. The highest BCUT2D eigenvalue weighted by atomic mass is 32.2. The van der Waals surface area contributed by atoms with Crippen molar-refractivity contribution in [3.63, 3.8) is 0 Å². The average molecular weight is 359 g/mol. The monoisotopic (exact) mass is 359 g/mol. The molecule has 25 heavy (non-hydrogen) atoms. The van der Waals surface area contributed by atoms with Gasteiger partial charge in [0.1, 0.15) is 5.75 Å². The van der Waals surface area contributed by atoms with E-state index in [1.165, 1.54) is 12.1 Å². The van der Waals surface area contributed by atoms with Crippen LogP contribution in [0, 0.1) is 20.8 Å². The number of carbonyl (C=O) groups is 2. The summed E-state index contributed by atoms with van der Waals surface area (Å²) in [5, 5.41) is 11.7. The summed E-state index contributed by atoms with van der Waals surface area (Å²) < 4.78 is 12.2. The smallest absolute Gasteiger partial charge is 0.335 e. The summed E-state index contributed by atoms with van der Waals surface area (Å²) in [5.74, 6) is -1.20. The molecule has 0 saturated heterocycles. The highest BCUT2D eigenvalue weighted by Crippen LogP contribution is 2.21. The fraction of sp³-hybridized carbons (Fsp3) is 0.263. The summed E-state index contributed by atoms with van der Waals surface area (Å²) in [7, 11) is -1.37. The van der Waals surface area contributed by atoms with Gasteiger partial charge in [-0.2, -0.15) is 0 Å². The van der Waals surface area contributed by atoms with Crippen molar-refractivity contribution < 1.29 is 18.9 Å². The first-order chi connectivity index (χ1) is 11.8. The van der Waals surface area contributed by atoms with E-state index >= 15 is 0 Å². The van der Waals surface area contributed by atoms with Crippen molar-refractivity contribution in [3.05, 3.63) is 64.2 Å². The van der Waals surface area contributed by atoms with Crippen molar-refractivity contribution in [1.82, 2.24) is 0 Å². The van der Waals surface area contributed by atoms with Gasteiger partial charge in [0.05, 0.1) is 5.56 Å². The molecule has 0 fully saturated rings. The Morgan fingerprint density at radius 2 is 1.60 bits per heavy atom. The Labute approximate surface area is 149 Å². The third kappa shape index (κ3) is 5.26. The highest BCUT2D eigenvalue weighted by Gasteiger charge is 2.12. The summed E-state index contributed by atoms with van der Waals surface area (Å²) in [4.78, 5) is 23.0. The number of benzene rings is 2. The molecular formula is C19H21NO4S. The number of anilines is 1. The van der Waals surface area contributed by atoms with Crippen LogP contribution in [0.4, 0.5) is 5.69 Å². The van der Waals surface area contributed by atoms with Gasteiger partial charge >= 0.3 is 5.97 Å². The van der Waals surface area contributed by atoms with Gasteiger partial charge in [0.25, 0.3) is 0 Å². The Morgan fingerprint density at radius 1 is 1.04 bits per heavy atom. The van der Waals surface area contributed by atoms with Gasteiger partial charge < -0.3 is 10.4 Å². The zero-order valence-electron chi connectivity index (χ0n) is 14.5. The molecule has 1 atom stereocenters. The third-order valence-electron chi connectivity index (χ3n) is 3.76. The maximum Gasteiger partial charge on any atom is 0.335 e. The van der Waals surface area contributed by atoms with E-state index in [2.05, 4.69) is 5.32 Å². The van der Waals surface area contributed by atoms with Crippen LogP contribution in [0.1, 0.15) is 32.6 Å². The molecule has 0 saturated carbocycles. The van der Waals surface area contributed by atoms with Crippen LogP contribution in [-0.4, -0.2) is 26.9 Å². The topological polar surface area (TPSA) is 83.5 Å². The van der Waals surface area contributed by atoms with E-state index in [-0.39, 0.29) is 23.0 Å². The van der Waals surface area contributed by atoms with Gasteiger partial charge in [0, 0.05) is 22.2 Å². The minimum Gasteiger partial charge on any atom is -0.478 e. The van der Waals surface area contributed by atoms with Crippen molar-refractivity contribution in [3.8, 4) is 0 Å². The summed E-state index contributed by atoms with van der Waals surface area (Å²) in [5.41, 5.74) is 4.75. The molecule has 0 aromatic heterocycles. The second-order valence-corrected chi connectivity index (χ2v) is 7.51. The Bertz CT molecular complexity index is 805. The van der Waals surface area contributed by atoms with E-state index in [1.807, 2.05) is 32.9 Å². The van der Waals surface area contributed by atoms with E-state index < -0.39 is 16.8 Å². The van der Waals surface area contributed by atoms with Gasteiger partial charge in [0.15, 0.2) is 0 Å². The van der Waals surface area contributed by atoms with Gasteiger partial charge in [-0.3, -0.25) is 9.00 Å². The summed E-state index contributed by atoms with van der Waals surface area (Å²) in [6, 6.07) is 10.1. The van der Waals surface area contributed by atoms with Crippen molar-refractivity contribution in [2.75, 3.05) is 11.1 Å². The molecule has 0 radical (unpaired) electrons. The molecule has 5 nitrogen and oxygen atoms in total. The molecule has 0 aliphatic carbocycles. The quantitative estimate of drug-likeness (QED) is 0.830. The summed E-state index contributed by atoms with van der Waals surface area (Å²) in [6.07, 6.45) is 0. The van der Waals surface area contributed by atoms with Crippen LogP contribution in [0.3, 0.4) is 0 Å². The standard InChI is InChI=1S/C19H21NO4S/c1-12-8-13(2)18(14(3)9-12)20-17(21)11-25(24)10-15-4-6-16(7-5-15)19(22)23/h4-9H,10-11H2,1-3H3,(H,20,21)(H,22,23). The fourth-order valence-corrected chi connectivity index (χ4v) is 3.71. The van der Waals surface area contributed by atoms with Crippen LogP contribution in [0.15, 0.2) is 36.4 Å². The second kappa shape index (κ2) is 8.07. The fourth-order valence-electron chi connectivity index (χ4n) is 2.68. The van der Waals surface area contributed by atoms with Gasteiger partial charge in [-0.15, -0.1) is 0 Å². The lowest BCUT2D eigenvalue weighted by Crippen LogP contribution is -2.21. The SMILES string of the molecule is Cc1cc(C)c(NC(=O)CS(=O)Cc2ccc(C(=O)O)cc2)c(C)c1. The number of rotatable bonds is 6. The van der Waals surface area contributed by atoms with Crippen LogP contribution < -0.4 is 5.32 Å². The van der Waals surface area contributed by atoms with Gasteiger partial charge in [0.2, 0.25) is 5.91 Å². The average Bonchev–Trinajstić information content (AvgIpc) is 2.51. The predicted octanol–water partition coefficient (Wildman–Crippen LogP) is 3.20. The molecule has 2 N–H and O–H groups in total. The molecule has 0 spiro atoms. The molecule has 0 aliphatic heterocycles. The zero-order chi connectivity index (χ0) is 18.6. The number of nitrogens with one attached hydrogen (secondary N) is 1. The predicted molar refractivity (Wildman–Crippen MR) is 99.4 cm³/mol. The molecule has 1 amide bonds. The first-order valence-corrected chi connectivity index (χ1v) is 9.30. The minimum atomic E-state index is -1.37. The lowest BCUT2D eigenvalue weighted by molar-refractivity contribution is -0.113. The van der Waals surface area contributed by atoms with Crippen LogP contribution in [-0.2, 0) is 21.3 Å². The van der Waals surface area contributed by atoms with Crippen molar-refractivity contribution >= 4 is 28.4 Å². The number of carboxylic acid groups (broad SMARTS) is 1. The molecule has 0 heterocycles. The summed E-state index contributed by atoms with van der Waals surface area (Å²) >= 11 is 0.